The molecule has 8 nitrogen and oxygen atoms in total. The van der Waals surface area contributed by atoms with Crippen molar-refractivity contribution in [3.8, 4) is 0 Å². The standard InChI is InChI=1S/4C26H24P2.C16H8N8S8.5Ni/c4*1-5-13-23(14-6-1)27(24-15-7-2-8-16-24)21-22-28(25-17-9-3-10-18-25)26-19-11-4-12-20-26;25-1-2(26)10-17-9(1)21-11-3(27)4(28)13(18-11)23-15-7(31)8(32)16(20-15)24-14-6(30)5(29)12(19-14)22-10;;;;;/h4*1-20H,21-22H2;(H8-2,17,18,19,20,21,22,23,24,25,26,27,28,29,30,31,32);;;;;/q;;;;-2;5*+2/p-8. The molecule has 16 aromatic carbocycles. The molecular weight excluding hydrogens is 2350 g/mol. The molecule has 149 heavy (non-hydrogen) atoms. The van der Waals surface area contributed by atoms with Gasteiger partial charge in [0.2, 0.25) is 0 Å². The molecule has 21 rings (SSSR count). The smallest absolute Gasteiger partial charge is 0.780 e. The second-order valence-electron chi connectivity index (χ2n) is 32.7. The Balaban J connectivity index is 0.000000164. The molecule has 29 heteroatoms. The van der Waals surface area contributed by atoms with Crippen LogP contribution in [-0.2, 0) is 183 Å². The van der Waals surface area contributed by atoms with Gasteiger partial charge in [-0.05, 0) is 220 Å². The summed E-state index contributed by atoms with van der Waals surface area (Å²) in [7, 11) is -2.78. The van der Waals surface area contributed by atoms with Gasteiger partial charge in [0, 0.05) is 0 Å². The summed E-state index contributed by atoms with van der Waals surface area (Å²) in [6, 6.07) is 177. The zero-order valence-electron chi connectivity index (χ0n) is 79.8. The van der Waals surface area contributed by atoms with E-state index in [4.69, 9.17) is 101 Å². The first-order valence-electron chi connectivity index (χ1n) is 46.9. The van der Waals surface area contributed by atoms with Gasteiger partial charge in [0.15, 0.2) is 0 Å². The number of nitrogens with zero attached hydrogens (tertiary/aromatic N) is 8. The fourth-order valence-corrected chi connectivity index (χ4v) is 39.3. The molecule has 0 unspecified atom stereocenters. The summed E-state index contributed by atoms with van der Waals surface area (Å²) in [5.41, 5.74) is 0.472. The first kappa shape index (κ1) is 119. The molecule has 0 saturated heterocycles. The van der Waals surface area contributed by atoms with Gasteiger partial charge < -0.3 is 131 Å². The van der Waals surface area contributed by atoms with Crippen LogP contribution in [-0.4, -0.2) is 79.2 Å². The summed E-state index contributed by atoms with van der Waals surface area (Å²) in [4.78, 5) is 36.2. The second kappa shape index (κ2) is 62.2. The van der Waals surface area contributed by atoms with E-state index < -0.39 is 0 Å². The Morgan fingerprint density at radius 3 is 0.309 bits per heavy atom. The number of hydrogen-bond donors (Lipinski definition) is 0. The SMILES string of the molecule is [Ni+2].[Ni+2].[Ni+2].[Ni+2].[Ni+2].[S-]C1=C([S-])c2nc1nc1[n-]c(nc3nc(nc4[n-]c(n2)c([S-])c4[S-])C([S-])=C3[S-])c([S-])c1[S-].c1ccc(P(CCP(c2ccccc2)c2ccccc2)c2ccccc2)cc1.c1ccc(P(CCP(c2ccccc2)c2ccccc2)c2ccccc2)cc1.c1ccc(P(CCP(c2ccccc2)c2ccccc2)c2ccccc2)cc1.c1ccc(P(CCP(c2ccccc2)c2ccccc2)c2ccccc2)cc1. The molecule has 3 aromatic heterocycles. The van der Waals surface area contributed by atoms with Crippen molar-refractivity contribution < 1.29 is 82.5 Å². The van der Waals surface area contributed by atoms with Crippen molar-refractivity contribution in [3.05, 3.63) is 509 Å². The number of benzene rings is 16. The molecule has 0 spiro atoms. The number of hydrogen-bond acceptors (Lipinski definition) is 14. The Morgan fingerprint density at radius 1 is 0.134 bits per heavy atom. The molecule has 0 radical (unpaired) electrons. The Kier molecular flexibility index (Phi) is 49.7. The molecule has 19 aromatic rings. The quantitative estimate of drug-likeness (QED) is 0.0264. The van der Waals surface area contributed by atoms with Crippen molar-refractivity contribution in [2.45, 2.75) is 19.6 Å². The first-order chi connectivity index (χ1) is 70.8. The van der Waals surface area contributed by atoms with Crippen molar-refractivity contribution in [1.29, 1.82) is 0 Å². The zero-order valence-corrected chi connectivity index (χ0v) is 98.5. The zero-order chi connectivity index (χ0) is 99.0. The van der Waals surface area contributed by atoms with Gasteiger partial charge in [-0.3, -0.25) is 0 Å². The number of aromatic nitrogens is 8. The van der Waals surface area contributed by atoms with Gasteiger partial charge in [-0.2, -0.15) is 39.2 Å². The van der Waals surface area contributed by atoms with Crippen molar-refractivity contribution in [3.63, 3.8) is 0 Å². The van der Waals surface area contributed by atoms with Crippen LogP contribution in [0.3, 0.4) is 0 Å². The summed E-state index contributed by atoms with van der Waals surface area (Å²) in [5, 5.41) is 23.6. The van der Waals surface area contributed by atoms with Crippen molar-refractivity contribution in [2.75, 3.05) is 49.3 Å². The predicted octanol–water partition coefficient (Wildman–Crippen LogP) is 21.6. The Bertz CT molecular complexity index is 6000. The van der Waals surface area contributed by atoms with Crippen LogP contribution < -0.4 is 94.8 Å². The number of rotatable bonds is 28. The molecular formula is C120H96N8Ni5P8S8. The van der Waals surface area contributed by atoms with Crippen LogP contribution in [0.25, 0.3) is 42.2 Å². The second-order valence-corrected chi connectivity index (χ2v) is 54.7. The summed E-state index contributed by atoms with van der Waals surface area (Å²) < 4.78 is 0. The van der Waals surface area contributed by atoms with E-state index >= 15 is 0 Å². The summed E-state index contributed by atoms with van der Waals surface area (Å²) in [6.45, 7) is 0. The van der Waals surface area contributed by atoms with E-state index in [9.17, 15) is 0 Å². The third-order valence-corrected chi connectivity index (χ3v) is 48.6. The maximum atomic E-state index is 5.36. The largest absolute Gasteiger partial charge is 2.00 e. The van der Waals surface area contributed by atoms with Crippen molar-refractivity contribution in [2.24, 2.45) is 0 Å². The molecule has 2 aliphatic rings. The van der Waals surface area contributed by atoms with Crippen LogP contribution in [0.5, 0.6) is 0 Å². The fraction of sp³-hybridized carbons (Fsp3) is 0.0667. The minimum atomic E-state index is -0.348. The van der Waals surface area contributed by atoms with Crippen LogP contribution in [0.15, 0.2) is 505 Å². The first-order valence-corrected chi connectivity index (χ1v) is 62.4. The monoisotopic (exact) mass is 2440 g/mol. The van der Waals surface area contributed by atoms with E-state index in [2.05, 4.69) is 525 Å². The molecule has 0 atom stereocenters. The van der Waals surface area contributed by atoms with Crippen molar-refractivity contribution >= 4 is 291 Å². The summed E-state index contributed by atoms with van der Waals surface area (Å²) in [5.74, 6) is 0.472. The van der Waals surface area contributed by atoms with Gasteiger partial charge in [0.1, 0.15) is 0 Å². The molecule has 754 valence electrons. The molecule has 0 N–H and O–H groups in total. The molecule has 5 heterocycles. The molecule has 0 fully saturated rings. The van der Waals surface area contributed by atoms with Crippen LogP contribution >= 0.6 is 63.4 Å². The minimum absolute atomic E-state index is 0. The van der Waals surface area contributed by atoms with Gasteiger partial charge >= 0.3 is 82.5 Å². The maximum Gasteiger partial charge on any atom is 2.00 e. The Hall–Kier alpha value is -8.49. The molecule has 0 aliphatic carbocycles. The van der Waals surface area contributed by atoms with E-state index in [0.29, 0.717) is 0 Å². The predicted molar refractivity (Wildman–Crippen MR) is 647 cm³/mol. The maximum absolute atomic E-state index is 5.36. The fourth-order valence-electron chi connectivity index (χ4n) is 16.4. The number of fused-ring (bicyclic) bond motifs is 8. The van der Waals surface area contributed by atoms with E-state index in [-0.39, 0.29) is 231 Å². The van der Waals surface area contributed by atoms with Gasteiger partial charge in [-0.1, -0.05) is 485 Å². The van der Waals surface area contributed by atoms with Gasteiger partial charge in [0.05, 0.1) is 23.3 Å². The van der Waals surface area contributed by atoms with Crippen LogP contribution in [0.2, 0.25) is 0 Å². The average molecular weight is 2450 g/mol. The van der Waals surface area contributed by atoms with Crippen LogP contribution in [0.1, 0.15) is 23.3 Å². The van der Waals surface area contributed by atoms with E-state index in [1.165, 1.54) is 134 Å². The van der Waals surface area contributed by atoms with Crippen LogP contribution in [0, 0.1) is 0 Å². The molecule has 0 saturated carbocycles. The van der Waals surface area contributed by atoms with E-state index in [1.54, 1.807) is 0 Å². The average Bonchev–Trinajstić information content (AvgIpc) is 1.62. The van der Waals surface area contributed by atoms with Gasteiger partial charge in [0.25, 0.3) is 0 Å². The van der Waals surface area contributed by atoms with Gasteiger partial charge in [-0.15, -0.1) is 0 Å². The molecule has 0 amide bonds. The Morgan fingerprint density at radius 2 is 0.221 bits per heavy atom. The molecule has 8 bridgehead atoms. The van der Waals surface area contributed by atoms with Crippen molar-refractivity contribution in [1.82, 2.24) is 39.9 Å². The van der Waals surface area contributed by atoms with Gasteiger partial charge in [-0.25, -0.2) is 9.97 Å². The van der Waals surface area contributed by atoms with E-state index in [0.717, 1.165) is 0 Å². The third-order valence-electron chi connectivity index (χ3n) is 23.4. The summed E-state index contributed by atoms with van der Waals surface area (Å²) >= 11 is 42.9. The normalized spacial score (nSPS) is 11.3. The third kappa shape index (κ3) is 32.8. The summed E-state index contributed by atoms with van der Waals surface area (Å²) in [6.07, 6.45) is 9.66. The van der Waals surface area contributed by atoms with E-state index in [1.807, 2.05) is 0 Å². The topological polar surface area (TPSA) is 106 Å². The molecule has 2 aliphatic heterocycles. The minimum Gasteiger partial charge on any atom is -0.780 e. The Labute approximate surface area is 980 Å². The van der Waals surface area contributed by atoms with Crippen LogP contribution in [0.4, 0.5) is 0 Å².